The van der Waals surface area contributed by atoms with Gasteiger partial charge in [0.1, 0.15) is 0 Å². The van der Waals surface area contributed by atoms with Crippen molar-refractivity contribution in [3.8, 4) is 11.3 Å². The van der Waals surface area contributed by atoms with Crippen molar-refractivity contribution in [2.75, 3.05) is 11.1 Å². The average molecular weight is 569 g/mol. The summed E-state index contributed by atoms with van der Waals surface area (Å²) in [5, 5.41) is 2.63. The number of amides is 1. The highest BCUT2D eigenvalue weighted by Crippen LogP contribution is 2.61. The number of benzene rings is 2. The monoisotopic (exact) mass is 568 g/mol. The summed E-state index contributed by atoms with van der Waals surface area (Å²) >= 11 is 0. The molecule has 3 N–H and O–H groups in total. The minimum atomic E-state index is -2.26. The Morgan fingerprint density at radius 1 is 0.878 bits per heavy atom. The Bertz CT molecular complexity index is 1540. The van der Waals surface area contributed by atoms with Crippen LogP contribution in [-0.4, -0.2) is 15.9 Å². The number of hydrogen-bond acceptors (Lipinski definition) is 4. The number of nitrogens with two attached hydrogens (primary N) is 1. The van der Waals surface area contributed by atoms with E-state index in [1.807, 2.05) is 18.2 Å². The largest absolute Gasteiger partial charge is 0.399 e. The fourth-order valence-electron chi connectivity index (χ4n) is 8.43. The summed E-state index contributed by atoms with van der Waals surface area (Å²) in [5.74, 6) is -9.15. The molecule has 4 bridgehead atoms. The van der Waals surface area contributed by atoms with Gasteiger partial charge < -0.3 is 11.1 Å². The van der Waals surface area contributed by atoms with Crippen molar-refractivity contribution in [1.82, 2.24) is 9.97 Å². The molecular formula is C31H29F5N4O. The smallest absolute Gasteiger partial charge is 0.230 e. The number of aryl methyl sites for hydroxylation is 2. The second-order valence-electron chi connectivity index (χ2n) is 12.6. The molecule has 5 aliphatic carbocycles. The lowest BCUT2D eigenvalue weighted by Crippen LogP contribution is -2.47. The van der Waals surface area contributed by atoms with E-state index >= 15 is 0 Å². The van der Waals surface area contributed by atoms with Crippen LogP contribution in [0, 0.1) is 52.3 Å². The van der Waals surface area contributed by atoms with Gasteiger partial charge in [-0.05, 0) is 98.7 Å². The van der Waals surface area contributed by atoms with Gasteiger partial charge in [0.15, 0.2) is 29.1 Å². The molecule has 1 heterocycles. The number of rotatable bonds is 5. The van der Waals surface area contributed by atoms with Crippen LogP contribution in [0.25, 0.3) is 11.3 Å². The lowest BCUT2D eigenvalue weighted by Gasteiger charge is -2.57. The van der Waals surface area contributed by atoms with Gasteiger partial charge in [-0.2, -0.15) is 0 Å². The van der Waals surface area contributed by atoms with Gasteiger partial charge in [-0.25, -0.2) is 31.9 Å². The fraction of sp³-hybridized carbons (Fsp3) is 0.452. The molecule has 41 heavy (non-hydrogen) atoms. The molecule has 0 saturated heterocycles. The van der Waals surface area contributed by atoms with E-state index in [4.69, 9.17) is 15.7 Å². The van der Waals surface area contributed by atoms with Crippen LogP contribution >= 0.6 is 0 Å². The molecule has 0 radical (unpaired) electrons. The number of nitrogens with zero attached hydrogens (tertiary/aromatic N) is 2. The minimum Gasteiger partial charge on any atom is -0.399 e. The molecule has 0 atom stereocenters. The Morgan fingerprint density at radius 2 is 1.49 bits per heavy atom. The zero-order valence-electron chi connectivity index (χ0n) is 22.3. The van der Waals surface area contributed by atoms with Crippen molar-refractivity contribution in [3.05, 3.63) is 69.8 Å². The molecule has 0 spiro atoms. The topological polar surface area (TPSA) is 80.9 Å². The number of fused-ring (bicyclic) bond motifs is 3. The van der Waals surface area contributed by atoms with E-state index in [1.54, 1.807) is 0 Å². The maximum atomic E-state index is 14.3. The molecule has 5 aliphatic rings. The molecule has 214 valence electrons. The summed E-state index contributed by atoms with van der Waals surface area (Å²) in [7, 11) is 0. The van der Waals surface area contributed by atoms with Crippen LogP contribution in [0.4, 0.5) is 33.5 Å². The highest BCUT2D eigenvalue weighted by atomic mass is 19.2. The lowest BCUT2D eigenvalue weighted by atomic mass is 9.48. The van der Waals surface area contributed by atoms with Gasteiger partial charge >= 0.3 is 0 Å². The molecule has 4 saturated carbocycles. The summed E-state index contributed by atoms with van der Waals surface area (Å²) in [4.78, 5) is 22.9. The Kier molecular flexibility index (Phi) is 6.10. The second-order valence-corrected chi connectivity index (χ2v) is 12.6. The van der Waals surface area contributed by atoms with Crippen LogP contribution in [0.15, 0.2) is 18.2 Å². The van der Waals surface area contributed by atoms with Crippen LogP contribution in [0.1, 0.15) is 61.0 Å². The van der Waals surface area contributed by atoms with E-state index in [2.05, 4.69) is 5.32 Å². The van der Waals surface area contributed by atoms with E-state index in [0.717, 1.165) is 36.1 Å². The number of halogens is 5. The molecule has 1 amide bonds. The quantitative estimate of drug-likeness (QED) is 0.160. The van der Waals surface area contributed by atoms with Crippen LogP contribution in [0.5, 0.6) is 0 Å². The van der Waals surface area contributed by atoms with Gasteiger partial charge in [0.25, 0.3) is 0 Å². The first kappa shape index (κ1) is 26.3. The lowest BCUT2D eigenvalue weighted by molar-refractivity contribution is -0.115. The molecule has 3 aromatic rings. The van der Waals surface area contributed by atoms with Crippen LogP contribution < -0.4 is 11.1 Å². The van der Waals surface area contributed by atoms with Gasteiger partial charge in [0.2, 0.25) is 11.7 Å². The maximum Gasteiger partial charge on any atom is 0.230 e. The normalized spacial score (nSPS) is 25.6. The maximum absolute atomic E-state index is 14.3. The number of anilines is 2. The van der Waals surface area contributed by atoms with Gasteiger partial charge in [-0.1, -0.05) is 6.07 Å². The number of carbonyl (C=O) groups is 1. The van der Waals surface area contributed by atoms with Gasteiger partial charge in [0, 0.05) is 16.8 Å². The third kappa shape index (κ3) is 4.46. The van der Waals surface area contributed by atoms with Crippen LogP contribution in [0.2, 0.25) is 0 Å². The van der Waals surface area contributed by atoms with Crippen molar-refractivity contribution < 1.29 is 26.7 Å². The van der Waals surface area contributed by atoms with Crippen LogP contribution in [-0.2, 0) is 30.5 Å². The summed E-state index contributed by atoms with van der Waals surface area (Å²) in [6.07, 6.45) is 7.82. The number of carbonyl (C=O) groups excluding carboxylic acids is 1. The fourth-order valence-corrected chi connectivity index (χ4v) is 8.43. The Labute approximate surface area is 233 Å². The molecule has 1 aromatic heterocycles. The van der Waals surface area contributed by atoms with Crippen molar-refractivity contribution in [2.45, 2.75) is 64.2 Å². The summed E-state index contributed by atoms with van der Waals surface area (Å²) in [6, 6.07) is 5.67. The first-order chi connectivity index (χ1) is 19.6. The van der Waals surface area contributed by atoms with E-state index in [1.165, 1.54) is 19.3 Å². The third-order valence-corrected chi connectivity index (χ3v) is 9.66. The molecule has 2 aromatic carbocycles. The Morgan fingerprint density at radius 3 is 2.12 bits per heavy atom. The van der Waals surface area contributed by atoms with Gasteiger partial charge in [-0.15, -0.1) is 0 Å². The predicted octanol–water partition coefficient (Wildman–Crippen LogP) is 6.46. The van der Waals surface area contributed by atoms with E-state index < -0.39 is 47.0 Å². The first-order valence-electron chi connectivity index (χ1n) is 14.2. The average Bonchev–Trinajstić information content (AvgIpc) is 2.92. The molecular weight excluding hydrogens is 539 g/mol. The minimum absolute atomic E-state index is 0.0389. The second kappa shape index (κ2) is 9.49. The van der Waals surface area contributed by atoms with E-state index in [0.29, 0.717) is 54.1 Å². The van der Waals surface area contributed by atoms with E-state index in [-0.39, 0.29) is 11.2 Å². The molecule has 4 fully saturated rings. The standard InChI is InChI=1S/C31H29F5N4O/c32-24-20(25(33)27(35)28(36)26(24)34)9-23(41)40-30-22(13-31-10-14-5-15(11-31)7-16(6-14)12-31)38-29-19-3-2-18(37)8-17(19)1-4-21(29)39-30/h2-3,8,14-16H,1,4-7,9-13,37H2,(H,39,40,41). The Hall–Kier alpha value is -3.56. The summed E-state index contributed by atoms with van der Waals surface area (Å²) in [5.41, 5.74) is 9.50. The molecule has 10 heteroatoms. The number of hydrogen-bond donors (Lipinski definition) is 2. The molecule has 0 unspecified atom stereocenters. The van der Waals surface area contributed by atoms with Crippen LogP contribution in [0.3, 0.4) is 0 Å². The molecule has 5 nitrogen and oxygen atoms in total. The van der Waals surface area contributed by atoms with Crippen molar-refractivity contribution >= 4 is 17.4 Å². The van der Waals surface area contributed by atoms with Gasteiger partial charge in [-0.3, -0.25) is 4.79 Å². The summed E-state index contributed by atoms with van der Waals surface area (Å²) < 4.78 is 69.7. The van der Waals surface area contributed by atoms with Crippen molar-refractivity contribution in [3.63, 3.8) is 0 Å². The zero-order valence-corrected chi connectivity index (χ0v) is 22.3. The predicted molar refractivity (Wildman–Crippen MR) is 142 cm³/mol. The SMILES string of the molecule is Nc1ccc2c(c1)CCc1nc(NC(=O)Cc3c(F)c(F)c(F)c(F)c3F)c(CC34CC5CC(CC(C5)C3)C4)nc1-2. The third-order valence-electron chi connectivity index (χ3n) is 9.66. The number of nitrogen functional groups attached to an aromatic ring is 1. The van der Waals surface area contributed by atoms with Gasteiger partial charge in [0.05, 0.1) is 23.5 Å². The van der Waals surface area contributed by atoms with Crippen molar-refractivity contribution in [2.24, 2.45) is 23.2 Å². The number of nitrogens with one attached hydrogen (secondary N) is 1. The highest BCUT2D eigenvalue weighted by Gasteiger charge is 2.51. The number of aromatic nitrogens is 2. The van der Waals surface area contributed by atoms with Crippen molar-refractivity contribution in [1.29, 1.82) is 0 Å². The highest BCUT2D eigenvalue weighted by molar-refractivity contribution is 5.92. The first-order valence-corrected chi connectivity index (χ1v) is 14.2. The van der Waals surface area contributed by atoms with E-state index in [9.17, 15) is 26.7 Å². The zero-order chi connectivity index (χ0) is 28.6. The molecule has 8 rings (SSSR count). The molecule has 0 aliphatic heterocycles. The Balaban J connectivity index is 1.26. The summed E-state index contributed by atoms with van der Waals surface area (Å²) in [6.45, 7) is 0.